The van der Waals surface area contributed by atoms with Crippen LogP contribution in [0.4, 0.5) is 3.89 Å². The second kappa shape index (κ2) is 13.9. The molecule has 0 bridgehead atoms. The minimum Gasteiger partial charge on any atom is -0.372 e. The van der Waals surface area contributed by atoms with Crippen LogP contribution in [-0.2, 0) is 13.0 Å². The summed E-state index contributed by atoms with van der Waals surface area (Å²) in [4.78, 5) is 8.54. The molecule has 1 aromatic carbocycles. The number of thiophene rings is 1. The van der Waals surface area contributed by atoms with Crippen molar-refractivity contribution in [1.82, 2.24) is 15.1 Å². The fraction of sp³-hybridized carbons (Fsp3) is 0.320. The Morgan fingerprint density at radius 1 is 1.28 bits per heavy atom. The zero-order valence-electron chi connectivity index (χ0n) is 19.2. The Labute approximate surface area is 200 Å². The monoisotopic (exact) mass is 472 g/mol. The molecule has 0 aliphatic heterocycles. The van der Waals surface area contributed by atoms with Crippen molar-refractivity contribution in [3.8, 4) is 0 Å². The molecule has 0 amide bonds. The maximum Gasteiger partial charge on any atom is 0.149 e. The van der Waals surface area contributed by atoms with Crippen LogP contribution in [0, 0.1) is 6.92 Å². The zero-order chi connectivity index (χ0) is 23.3. The van der Waals surface area contributed by atoms with Gasteiger partial charge in [0.25, 0.3) is 0 Å². The van der Waals surface area contributed by atoms with Crippen molar-refractivity contribution in [1.29, 1.82) is 0 Å². The number of halogens is 1. The molecule has 0 atom stereocenters. The van der Waals surface area contributed by atoms with E-state index < -0.39 is 0 Å². The quantitative estimate of drug-likeness (QED) is 0.203. The van der Waals surface area contributed by atoms with E-state index in [1.54, 1.807) is 11.3 Å². The molecule has 1 heterocycles. The number of allylic oxidation sites excluding steroid dienone is 2. The largest absolute Gasteiger partial charge is 0.372 e. The molecule has 1 N–H and O–H groups in total. The van der Waals surface area contributed by atoms with Crippen molar-refractivity contribution in [2.24, 2.45) is 4.99 Å². The number of benzene rings is 1. The van der Waals surface area contributed by atoms with Crippen LogP contribution >= 0.6 is 23.5 Å². The highest BCUT2D eigenvalue weighted by molar-refractivity contribution is 7.98. The smallest absolute Gasteiger partial charge is 0.149 e. The number of hydrogen-bond acceptors (Lipinski definition) is 6. The van der Waals surface area contributed by atoms with Crippen molar-refractivity contribution >= 4 is 30.2 Å². The van der Waals surface area contributed by atoms with Crippen molar-refractivity contribution in [2.75, 3.05) is 27.2 Å². The van der Waals surface area contributed by atoms with E-state index in [2.05, 4.69) is 77.5 Å². The third-order valence-corrected chi connectivity index (χ3v) is 6.40. The maximum absolute atomic E-state index is 13.4. The van der Waals surface area contributed by atoms with Crippen molar-refractivity contribution < 1.29 is 3.89 Å². The molecule has 0 radical (unpaired) electrons. The van der Waals surface area contributed by atoms with Crippen LogP contribution in [0.25, 0.3) is 0 Å². The summed E-state index contributed by atoms with van der Waals surface area (Å²) < 4.78 is 13.4. The van der Waals surface area contributed by atoms with Gasteiger partial charge in [-0.15, -0.1) is 0 Å². The molecule has 32 heavy (non-hydrogen) atoms. The average Bonchev–Trinajstić information content (AvgIpc) is 3.30. The van der Waals surface area contributed by atoms with Crippen LogP contribution in [0.15, 0.2) is 81.4 Å². The van der Waals surface area contributed by atoms with E-state index in [0.717, 1.165) is 38.3 Å². The van der Waals surface area contributed by atoms with Gasteiger partial charge < -0.3 is 15.1 Å². The van der Waals surface area contributed by atoms with Gasteiger partial charge in [0.2, 0.25) is 0 Å². The number of nitrogens with zero attached hydrogens (tertiary/aromatic N) is 3. The predicted molar refractivity (Wildman–Crippen MR) is 139 cm³/mol. The molecule has 0 unspecified atom stereocenters. The molecule has 7 heteroatoms. The first kappa shape index (κ1) is 25.9. The third-order valence-electron chi connectivity index (χ3n) is 5.15. The minimum absolute atomic E-state index is 0.124. The highest BCUT2D eigenvalue weighted by atomic mass is 32.2. The van der Waals surface area contributed by atoms with Gasteiger partial charge in [-0.05, 0) is 85.7 Å². The maximum atomic E-state index is 13.4. The van der Waals surface area contributed by atoms with Gasteiger partial charge in [-0.3, -0.25) is 0 Å². The SMILES string of the molecule is C=C/C(SF)=C(/N=C)N(C)/C(=C\Cc1ccccc1C)NCCCN(C)Cc1ccsc1. The molecule has 0 aliphatic carbocycles. The van der Waals surface area contributed by atoms with E-state index in [9.17, 15) is 3.89 Å². The summed E-state index contributed by atoms with van der Waals surface area (Å²) in [6.07, 6.45) is 5.31. The topological polar surface area (TPSA) is 30.9 Å². The first-order valence-electron chi connectivity index (χ1n) is 10.5. The van der Waals surface area contributed by atoms with Gasteiger partial charge in [-0.1, -0.05) is 30.8 Å². The Morgan fingerprint density at radius 3 is 2.69 bits per heavy atom. The lowest BCUT2D eigenvalue weighted by molar-refractivity contribution is 0.319. The van der Waals surface area contributed by atoms with Crippen LogP contribution in [0.2, 0.25) is 0 Å². The molecular weight excluding hydrogens is 439 g/mol. The van der Waals surface area contributed by atoms with Gasteiger partial charge in [0, 0.05) is 20.1 Å². The van der Waals surface area contributed by atoms with E-state index in [4.69, 9.17) is 0 Å². The lowest BCUT2D eigenvalue weighted by Crippen LogP contribution is -2.31. The van der Waals surface area contributed by atoms with Crippen LogP contribution in [-0.4, -0.2) is 43.7 Å². The summed E-state index contributed by atoms with van der Waals surface area (Å²) in [5.74, 6) is 1.30. The Balaban J connectivity index is 2.08. The Kier molecular flexibility index (Phi) is 11.3. The number of nitrogens with one attached hydrogen (secondary N) is 1. The fourth-order valence-corrected chi connectivity index (χ4v) is 4.33. The summed E-state index contributed by atoms with van der Waals surface area (Å²) in [6, 6.07) is 10.5. The number of aliphatic imine (C=N–C) groups is 1. The molecule has 0 saturated carbocycles. The normalized spacial score (nSPS) is 12.5. The van der Waals surface area contributed by atoms with Crippen molar-refractivity contribution in [3.05, 3.63) is 93.1 Å². The number of hydrogen-bond donors (Lipinski definition) is 1. The lowest BCUT2D eigenvalue weighted by Gasteiger charge is -2.25. The van der Waals surface area contributed by atoms with Crippen molar-refractivity contribution in [2.45, 2.75) is 26.3 Å². The summed E-state index contributed by atoms with van der Waals surface area (Å²) in [6.45, 7) is 12.1. The van der Waals surface area contributed by atoms with E-state index in [0.29, 0.717) is 10.7 Å². The van der Waals surface area contributed by atoms with Crippen molar-refractivity contribution in [3.63, 3.8) is 0 Å². The molecule has 0 spiro atoms. The van der Waals surface area contributed by atoms with Crippen LogP contribution in [0.3, 0.4) is 0 Å². The van der Waals surface area contributed by atoms with Gasteiger partial charge in [-0.25, -0.2) is 4.99 Å². The average molecular weight is 473 g/mol. The van der Waals surface area contributed by atoms with E-state index in [1.807, 2.05) is 24.1 Å². The summed E-state index contributed by atoms with van der Waals surface area (Å²) in [5.41, 5.74) is 3.83. The molecule has 0 fully saturated rings. The van der Waals surface area contributed by atoms with Crippen LogP contribution in [0.5, 0.6) is 0 Å². The fourth-order valence-electron chi connectivity index (χ4n) is 3.33. The van der Waals surface area contributed by atoms with Gasteiger partial charge >= 0.3 is 0 Å². The predicted octanol–water partition coefficient (Wildman–Crippen LogP) is 6.16. The van der Waals surface area contributed by atoms with Gasteiger partial charge in [-0.2, -0.15) is 15.2 Å². The molecular formula is C25H33FN4S2. The van der Waals surface area contributed by atoms with Crippen LogP contribution < -0.4 is 5.32 Å². The molecule has 2 aromatic rings. The molecule has 0 aliphatic rings. The summed E-state index contributed by atoms with van der Waals surface area (Å²) in [5, 5.41) is 7.81. The molecule has 172 valence electrons. The zero-order valence-corrected chi connectivity index (χ0v) is 20.8. The number of aryl methyl sites for hydroxylation is 1. The first-order valence-corrected chi connectivity index (χ1v) is 12.2. The summed E-state index contributed by atoms with van der Waals surface area (Å²) >= 11 is 1.85. The molecule has 1 aromatic heterocycles. The Morgan fingerprint density at radius 2 is 2.06 bits per heavy atom. The standard InChI is InChI=1S/C25H33FN4S2/c1-6-23(32-26)25(27-3)30(5)24(13-12-22-11-8-7-10-20(22)2)28-15-9-16-29(4)18-21-14-17-31-19-21/h6-8,10-11,13-14,17,19,28H,1,3,9,12,15-16,18H2,2,4-5H3/b24-13-,25-23+. The minimum atomic E-state index is 0.124. The molecule has 4 nitrogen and oxygen atoms in total. The van der Waals surface area contributed by atoms with Gasteiger partial charge in [0.05, 0.1) is 17.1 Å². The highest BCUT2D eigenvalue weighted by Crippen LogP contribution is 2.26. The van der Waals surface area contributed by atoms with E-state index in [-0.39, 0.29) is 12.1 Å². The second-order valence-electron chi connectivity index (χ2n) is 7.56. The highest BCUT2D eigenvalue weighted by Gasteiger charge is 2.14. The second-order valence-corrected chi connectivity index (χ2v) is 8.93. The van der Waals surface area contributed by atoms with Gasteiger partial charge in [0.1, 0.15) is 11.6 Å². The third kappa shape index (κ3) is 7.97. The van der Waals surface area contributed by atoms with Gasteiger partial charge in [0.15, 0.2) is 0 Å². The lowest BCUT2D eigenvalue weighted by atomic mass is 10.1. The van der Waals surface area contributed by atoms with E-state index in [1.165, 1.54) is 22.8 Å². The first-order chi connectivity index (χ1) is 15.5. The summed E-state index contributed by atoms with van der Waals surface area (Å²) in [7, 11) is 4.00. The van der Waals surface area contributed by atoms with E-state index >= 15 is 0 Å². The van der Waals surface area contributed by atoms with Crippen LogP contribution in [0.1, 0.15) is 23.1 Å². The Bertz CT molecular complexity index is 922. The Hall–Kier alpha value is -2.35. The molecule has 2 rings (SSSR count). The number of rotatable bonds is 14. The molecule has 0 saturated heterocycles.